The topological polar surface area (TPSA) is 93.2 Å². The molecule has 1 aromatic heterocycles. The Bertz CT molecular complexity index is 783. The van der Waals surface area contributed by atoms with E-state index in [0.717, 1.165) is 11.3 Å². The summed E-state index contributed by atoms with van der Waals surface area (Å²) in [7, 11) is 1.60. The molecule has 0 spiro atoms. The third-order valence-corrected chi connectivity index (χ3v) is 4.32. The zero-order valence-electron chi connectivity index (χ0n) is 15.6. The molecule has 0 unspecified atom stereocenters. The zero-order chi connectivity index (χ0) is 19.3. The fraction of sp³-hybridized carbons (Fsp3) is 0.444. The number of aromatic nitrogens is 2. The highest BCUT2D eigenvalue weighted by molar-refractivity contribution is 7.18. The summed E-state index contributed by atoms with van der Waals surface area (Å²) < 4.78 is 5.20. The predicted octanol–water partition coefficient (Wildman–Crippen LogP) is 3.09. The van der Waals surface area contributed by atoms with Crippen LogP contribution in [0, 0.1) is 5.41 Å². The summed E-state index contributed by atoms with van der Waals surface area (Å²) in [4.78, 5) is 24.2. The Morgan fingerprint density at radius 3 is 2.65 bits per heavy atom. The number of hydrogen-bond acceptors (Lipinski definition) is 6. The standard InChI is InChI=1S/C18H24N4O3S/c1-11(19-14(23)10-18(2,3)4)15(24)20-17-22-21-16(26-17)12-7-6-8-13(9-12)25-5/h6-9,11H,10H2,1-5H3,(H,19,23)(H,20,22,24)/t11-/m0/s1. The van der Waals surface area contributed by atoms with Crippen LogP contribution in [-0.2, 0) is 9.59 Å². The maximum Gasteiger partial charge on any atom is 0.248 e. The minimum atomic E-state index is -0.658. The molecule has 7 nitrogen and oxygen atoms in total. The van der Waals surface area contributed by atoms with Gasteiger partial charge in [-0.25, -0.2) is 0 Å². The van der Waals surface area contributed by atoms with Crippen LogP contribution in [0.1, 0.15) is 34.1 Å². The monoisotopic (exact) mass is 376 g/mol. The van der Waals surface area contributed by atoms with Crippen LogP contribution in [0.4, 0.5) is 5.13 Å². The maximum atomic E-state index is 12.3. The molecule has 0 aliphatic carbocycles. The first-order chi connectivity index (χ1) is 12.2. The number of ether oxygens (including phenoxy) is 1. The van der Waals surface area contributed by atoms with Gasteiger partial charge in [0.1, 0.15) is 16.8 Å². The van der Waals surface area contributed by atoms with Crippen molar-refractivity contribution >= 4 is 28.3 Å². The van der Waals surface area contributed by atoms with Crippen molar-refractivity contribution in [2.75, 3.05) is 12.4 Å². The normalized spacial score (nSPS) is 12.3. The van der Waals surface area contributed by atoms with E-state index in [1.165, 1.54) is 11.3 Å². The molecule has 2 N–H and O–H groups in total. The zero-order valence-corrected chi connectivity index (χ0v) is 16.4. The van der Waals surface area contributed by atoms with Gasteiger partial charge in [-0.05, 0) is 24.5 Å². The van der Waals surface area contributed by atoms with Crippen LogP contribution < -0.4 is 15.4 Å². The highest BCUT2D eigenvalue weighted by atomic mass is 32.1. The molecular formula is C18H24N4O3S. The SMILES string of the molecule is COc1cccc(-c2nnc(NC(=O)[C@H](C)NC(=O)CC(C)(C)C)s2)c1. The van der Waals surface area contributed by atoms with Crippen molar-refractivity contribution in [2.24, 2.45) is 5.41 Å². The molecule has 2 amide bonds. The largest absolute Gasteiger partial charge is 0.497 e. The lowest BCUT2D eigenvalue weighted by atomic mass is 9.92. The van der Waals surface area contributed by atoms with Crippen LogP contribution in [0.3, 0.4) is 0 Å². The number of carbonyl (C=O) groups excluding carboxylic acids is 2. The molecule has 8 heteroatoms. The molecule has 1 heterocycles. The van der Waals surface area contributed by atoms with Gasteiger partial charge in [0.15, 0.2) is 0 Å². The van der Waals surface area contributed by atoms with Gasteiger partial charge in [0.25, 0.3) is 0 Å². The van der Waals surface area contributed by atoms with Gasteiger partial charge in [-0.15, -0.1) is 10.2 Å². The Morgan fingerprint density at radius 2 is 2.00 bits per heavy atom. The Labute approximate surface area is 157 Å². The van der Waals surface area contributed by atoms with Gasteiger partial charge in [0.05, 0.1) is 7.11 Å². The molecule has 0 saturated heterocycles. The number of rotatable bonds is 6. The maximum absolute atomic E-state index is 12.3. The Morgan fingerprint density at radius 1 is 1.27 bits per heavy atom. The average Bonchev–Trinajstić information content (AvgIpc) is 3.01. The molecule has 0 radical (unpaired) electrons. The molecule has 0 aliphatic rings. The minimum absolute atomic E-state index is 0.134. The second-order valence-electron chi connectivity index (χ2n) is 7.16. The highest BCUT2D eigenvalue weighted by Gasteiger charge is 2.21. The Balaban J connectivity index is 1.97. The smallest absolute Gasteiger partial charge is 0.248 e. The number of nitrogens with zero attached hydrogens (tertiary/aromatic N) is 2. The van der Waals surface area contributed by atoms with Gasteiger partial charge in [-0.3, -0.25) is 14.9 Å². The number of nitrogens with one attached hydrogen (secondary N) is 2. The van der Waals surface area contributed by atoms with Gasteiger partial charge < -0.3 is 10.1 Å². The molecule has 1 atom stereocenters. The van der Waals surface area contributed by atoms with Crippen LogP contribution in [0.25, 0.3) is 10.6 Å². The lowest BCUT2D eigenvalue weighted by Gasteiger charge is -2.19. The Hall–Kier alpha value is -2.48. The third kappa shape index (κ3) is 5.80. The summed E-state index contributed by atoms with van der Waals surface area (Å²) in [6.07, 6.45) is 0.351. The summed E-state index contributed by atoms with van der Waals surface area (Å²) in [5.74, 6) is 0.230. The van der Waals surface area contributed by atoms with E-state index in [-0.39, 0.29) is 17.2 Å². The molecule has 0 fully saturated rings. The predicted molar refractivity (Wildman–Crippen MR) is 102 cm³/mol. The van der Waals surface area contributed by atoms with E-state index in [0.29, 0.717) is 16.6 Å². The molecular weight excluding hydrogens is 352 g/mol. The number of amides is 2. The lowest BCUT2D eigenvalue weighted by Crippen LogP contribution is -2.42. The Kier molecular flexibility index (Phi) is 6.31. The van der Waals surface area contributed by atoms with Crippen LogP contribution >= 0.6 is 11.3 Å². The summed E-state index contributed by atoms with van der Waals surface area (Å²) in [5, 5.41) is 14.5. The van der Waals surface area contributed by atoms with Crippen LogP contribution in [0.5, 0.6) is 5.75 Å². The number of carbonyl (C=O) groups is 2. The van der Waals surface area contributed by atoms with Crippen LogP contribution in [0.15, 0.2) is 24.3 Å². The molecule has 1 aromatic carbocycles. The van der Waals surface area contributed by atoms with E-state index < -0.39 is 6.04 Å². The summed E-state index contributed by atoms with van der Waals surface area (Å²) >= 11 is 1.26. The van der Waals surface area contributed by atoms with Crippen LogP contribution in [0.2, 0.25) is 0 Å². The first kappa shape index (κ1) is 19.8. The van der Waals surface area contributed by atoms with Crippen molar-refractivity contribution < 1.29 is 14.3 Å². The number of benzene rings is 1. The van der Waals surface area contributed by atoms with Crippen LogP contribution in [-0.4, -0.2) is 35.2 Å². The van der Waals surface area contributed by atoms with E-state index in [1.807, 2.05) is 45.0 Å². The van der Waals surface area contributed by atoms with E-state index in [1.54, 1.807) is 14.0 Å². The van der Waals surface area contributed by atoms with E-state index in [2.05, 4.69) is 20.8 Å². The fourth-order valence-electron chi connectivity index (χ4n) is 2.20. The number of methoxy groups -OCH3 is 1. The van der Waals surface area contributed by atoms with Gasteiger partial charge in [0.2, 0.25) is 16.9 Å². The van der Waals surface area contributed by atoms with Gasteiger partial charge in [-0.2, -0.15) is 0 Å². The van der Waals surface area contributed by atoms with Crippen molar-refractivity contribution in [1.82, 2.24) is 15.5 Å². The lowest BCUT2D eigenvalue weighted by molar-refractivity contribution is -0.127. The molecule has 2 rings (SSSR count). The molecule has 2 aromatic rings. The third-order valence-electron chi connectivity index (χ3n) is 3.43. The number of hydrogen-bond donors (Lipinski definition) is 2. The van der Waals surface area contributed by atoms with Gasteiger partial charge >= 0.3 is 0 Å². The quantitative estimate of drug-likeness (QED) is 0.808. The van der Waals surface area contributed by atoms with E-state index in [4.69, 9.17) is 4.74 Å². The highest BCUT2D eigenvalue weighted by Crippen LogP contribution is 2.28. The van der Waals surface area contributed by atoms with Crippen molar-refractivity contribution in [3.8, 4) is 16.3 Å². The molecule has 0 aliphatic heterocycles. The van der Waals surface area contributed by atoms with E-state index in [9.17, 15) is 9.59 Å². The molecule has 0 saturated carbocycles. The summed E-state index contributed by atoms with van der Waals surface area (Å²) in [5.41, 5.74) is 0.722. The van der Waals surface area contributed by atoms with Crippen molar-refractivity contribution in [2.45, 2.75) is 40.2 Å². The molecule has 0 bridgehead atoms. The number of anilines is 1. The first-order valence-electron chi connectivity index (χ1n) is 8.26. The second-order valence-corrected chi connectivity index (χ2v) is 8.14. The van der Waals surface area contributed by atoms with Gasteiger partial charge in [0, 0.05) is 12.0 Å². The molecule has 140 valence electrons. The first-order valence-corrected chi connectivity index (χ1v) is 9.08. The van der Waals surface area contributed by atoms with Crippen molar-refractivity contribution in [3.63, 3.8) is 0 Å². The second kappa shape index (κ2) is 8.27. The van der Waals surface area contributed by atoms with E-state index >= 15 is 0 Å². The average molecular weight is 376 g/mol. The van der Waals surface area contributed by atoms with Crippen molar-refractivity contribution in [3.05, 3.63) is 24.3 Å². The summed E-state index contributed by atoms with van der Waals surface area (Å²) in [6.45, 7) is 7.55. The fourth-order valence-corrected chi connectivity index (χ4v) is 2.94. The van der Waals surface area contributed by atoms with Gasteiger partial charge in [-0.1, -0.05) is 44.2 Å². The molecule has 26 heavy (non-hydrogen) atoms. The summed E-state index contributed by atoms with van der Waals surface area (Å²) in [6, 6.07) is 6.79. The minimum Gasteiger partial charge on any atom is -0.497 e. The van der Waals surface area contributed by atoms with Crippen molar-refractivity contribution in [1.29, 1.82) is 0 Å².